The molecular formula is C80H66N8O4. The first kappa shape index (κ1) is 59.2. The second kappa shape index (κ2) is 27.7. The normalized spacial score (nSPS) is 11.5. The molecule has 11 aromatic rings. The molecule has 0 unspecified atom stereocenters. The van der Waals surface area contributed by atoms with Crippen molar-refractivity contribution < 1.29 is 19.2 Å². The number of nitrogens with zero attached hydrogens (tertiary/aromatic N) is 2. The van der Waals surface area contributed by atoms with Gasteiger partial charge >= 0.3 is 0 Å². The molecule has 12 heteroatoms. The minimum absolute atomic E-state index is 0.139. The van der Waals surface area contributed by atoms with Crippen LogP contribution in [0.4, 0.5) is 22.7 Å². The van der Waals surface area contributed by atoms with Crippen molar-refractivity contribution in [2.75, 3.05) is 21.3 Å². The number of H-pyrrole nitrogens is 2. The van der Waals surface area contributed by atoms with Crippen LogP contribution >= 0.6 is 0 Å². The van der Waals surface area contributed by atoms with Gasteiger partial charge in [0.25, 0.3) is 0 Å². The van der Waals surface area contributed by atoms with Crippen LogP contribution in [0.5, 0.6) is 0 Å². The van der Waals surface area contributed by atoms with Gasteiger partial charge in [0.05, 0.1) is 22.8 Å². The summed E-state index contributed by atoms with van der Waals surface area (Å²) < 4.78 is 0. The predicted octanol–water partition coefficient (Wildman–Crippen LogP) is 17.6. The monoisotopic (exact) mass is 1200 g/mol. The number of para-hydroxylation sites is 4. The van der Waals surface area contributed by atoms with Gasteiger partial charge in [-0.3, -0.25) is 19.2 Å². The Morgan fingerprint density at radius 2 is 0.467 bits per heavy atom. The number of nitrogens with one attached hydrogen (secondary N) is 6. The van der Waals surface area contributed by atoms with Gasteiger partial charge in [-0.15, -0.1) is 0 Å². The highest BCUT2D eigenvalue weighted by atomic mass is 16.2. The highest BCUT2D eigenvalue weighted by Crippen LogP contribution is 2.43. The van der Waals surface area contributed by atoms with E-state index in [1.807, 2.05) is 267 Å². The Kier molecular flexibility index (Phi) is 17.9. The van der Waals surface area contributed by atoms with Crippen molar-refractivity contribution >= 4 is 92.7 Å². The first-order chi connectivity index (χ1) is 45.2. The van der Waals surface area contributed by atoms with Gasteiger partial charge in [0.2, 0.25) is 23.6 Å². The van der Waals surface area contributed by atoms with Crippen molar-refractivity contribution in [3.8, 4) is 44.5 Å². The third-order valence-corrected chi connectivity index (χ3v) is 16.6. The van der Waals surface area contributed by atoms with E-state index in [1.165, 1.54) is 0 Å². The molecule has 0 atom stereocenters. The van der Waals surface area contributed by atoms with Crippen LogP contribution in [-0.2, 0) is 44.9 Å². The van der Waals surface area contributed by atoms with Gasteiger partial charge in [0.15, 0.2) is 0 Å². The van der Waals surface area contributed by atoms with Crippen LogP contribution in [0.3, 0.4) is 0 Å². The maximum absolute atomic E-state index is 14.1. The molecule has 4 amide bonds. The maximum Gasteiger partial charge on any atom is 0.224 e. The molecule has 5 heterocycles. The van der Waals surface area contributed by atoms with Crippen LogP contribution in [0.25, 0.3) is 90.9 Å². The number of aromatic amines is 2. The fourth-order valence-electron chi connectivity index (χ4n) is 12.0. The average molecular weight is 1200 g/mol. The summed E-state index contributed by atoms with van der Waals surface area (Å²) in [6.45, 7) is 0. The van der Waals surface area contributed by atoms with E-state index >= 15 is 0 Å². The molecule has 0 aliphatic carbocycles. The molecule has 13 rings (SSSR count). The van der Waals surface area contributed by atoms with Crippen molar-refractivity contribution in [2.24, 2.45) is 0 Å². The van der Waals surface area contributed by atoms with Gasteiger partial charge in [0.1, 0.15) is 0 Å². The molecule has 0 saturated carbocycles. The maximum atomic E-state index is 14.1. The molecule has 8 bridgehead atoms. The van der Waals surface area contributed by atoms with Crippen molar-refractivity contribution in [3.05, 3.63) is 288 Å². The lowest BCUT2D eigenvalue weighted by Crippen LogP contribution is -2.13. The summed E-state index contributed by atoms with van der Waals surface area (Å²) in [6, 6.07) is 79.1. The molecule has 0 saturated heterocycles. The number of carbonyl (C=O) groups is 4. The second-order valence-electron chi connectivity index (χ2n) is 22.8. The summed E-state index contributed by atoms with van der Waals surface area (Å²) in [5.74, 6) is -0.558. The Labute approximate surface area is 533 Å². The molecule has 92 heavy (non-hydrogen) atoms. The molecule has 3 aromatic heterocycles. The predicted molar refractivity (Wildman–Crippen MR) is 374 cm³/mol. The lowest BCUT2D eigenvalue weighted by molar-refractivity contribution is -0.117. The summed E-state index contributed by atoms with van der Waals surface area (Å²) in [4.78, 5) is 75.2. The Bertz CT molecular complexity index is 4190. The first-order valence-corrected chi connectivity index (χ1v) is 31.1. The minimum Gasteiger partial charge on any atom is -0.354 e. The number of aryl methyl sites for hydroxylation is 4. The third-order valence-electron chi connectivity index (χ3n) is 16.6. The smallest absolute Gasteiger partial charge is 0.224 e. The van der Waals surface area contributed by atoms with Gasteiger partial charge in [-0.1, -0.05) is 194 Å². The molecule has 0 radical (unpaired) electrons. The fourth-order valence-corrected chi connectivity index (χ4v) is 12.0. The number of amides is 4. The Morgan fingerprint density at radius 3 is 0.696 bits per heavy atom. The molecule has 0 spiro atoms. The van der Waals surface area contributed by atoms with E-state index in [-0.39, 0.29) is 49.3 Å². The SMILES string of the molecule is O=C(CCc1ccccc1)Nc1ccccc1-c1c2nc(c(-c3ccccc3NC(=O)CCc3ccccc3)c3ccc([nH]3)c(-c3ccccc3NC(=O)CCc3ccccc3)c3nc(c(-c4ccccc4NC(=O)CCc4ccccc4)c4ccc1[nH]4)C=C3)C=C2. The average Bonchev–Trinajstić information content (AvgIpc) is 1.61. The van der Waals surface area contributed by atoms with Crippen LogP contribution in [0, 0.1) is 0 Å². The Morgan fingerprint density at radius 1 is 0.261 bits per heavy atom. The van der Waals surface area contributed by atoms with Crippen LogP contribution in [0.2, 0.25) is 0 Å². The fraction of sp³-hybridized carbons (Fsp3) is 0.100. The van der Waals surface area contributed by atoms with Crippen molar-refractivity contribution in [1.82, 2.24) is 19.9 Å². The van der Waals surface area contributed by atoms with E-state index in [1.54, 1.807) is 0 Å². The van der Waals surface area contributed by atoms with E-state index in [0.29, 0.717) is 116 Å². The van der Waals surface area contributed by atoms with Gasteiger partial charge in [-0.05, 0) is 121 Å². The van der Waals surface area contributed by atoms with Crippen LogP contribution in [-0.4, -0.2) is 43.6 Å². The molecule has 8 aromatic carbocycles. The molecular weight excluding hydrogens is 1140 g/mol. The van der Waals surface area contributed by atoms with Crippen molar-refractivity contribution in [3.63, 3.8) is 0 Å². The third kappa shape index (κ3) is 13.8. The summed E-state index contributed by atoms with van der Waals surface area (Å²) >= 11 is 0. The zero-order valence-electron chi connectivity index (χ0n) is 50.6. The van der Waals surface area contributed by atoms with Crippen LogP contribution < -0.4 is 21.3 Å². The molecule has 12 nitrogen and oxygen atoms in total. The van der Waals surface area contributed by atoms with E-state index in [9.17, 15) is 19.2 Å². The van der Waals surface area contributed by atoms with Crippen molar-refractivity contribution in [1.29, 1.82) is 0 Å². The topological polar surface area (TPSA) is 174 Å². The summed E-state index contributed by atoms with van der Waals surface area (Å²) in [6.07, 6.45) is 11.3. The standard InChI is InChI=1S/C80H66N8O4/c89-73(49-37-53-21-5-1-6-22-53)85-61-33-17-13-29-57(61)77-65-41-43-67(81-65)78(58-30-14-18-34-62(58)86-74(90)50-38-54-23-7-2-8-24-54)69-45-47-71(83-69)80(60-32-16-20-36-64(60)88-76(92)52-40-56-27-11-4-12-28-56)72-48-46-70(84-72)79(68-44-42-66(77)82-68)59-31-15-19-35-63(59)87-75(91)51-39-55-25-9-3-10-26-55/h1-36,41-48,81,84H,37-40,49-52H2,(H,85,89)(H,86,90)(H,87,91)(H,88,92). The molecule has 0 fully saturated rings. The number of carbonyl (C=O) groups excluding carboxylic acids is 4. The highest BCUT2D eigenvalue weighted by Gasteiger charge is 2.24. The van der Waals surface area contributed by atoms with E-state index in [4.69, 9.17) is 9.97 Å². The van der Waals surface area contributed by atoms with Gasteiger partial charge in [-0.2, -0.15) is 0 Å². The Hall–Kier alpha value is -11.8. The number of anilines is 4. The van der Waals surface area contributed by atoms with E-state index in [0.717, 1.165) is 44.5 Å². The summed E-state index contributed by atoms with van der Waals surface area (Å²) in [7, 11) is 0. The van der Waals surface area contributed by atoms with Crippen molar-refractivity contribution in [2.45, 2.75) is 51.4 Å². The van der Waals surface area contributed by atoms with E-state index in [2.05, 4.69) is 31.2 Å². The number of rotatable bonds is 20. The minimum atomic E-state index is -0.139. The molecule has 2 aliphatic heterocycles. The quantitative estimate of drug-likeness (QED) is 0.0443. The number of aromatic nitrogens is 4. The summed E-state index contributed by atoms with van der Waals surface area (Å²) in [5.41, 5.74) is 17.5. The number of hydrogen-bond acceptors (Lipinski definition) is 6. The molecule has 2 aliphatic rings. The lowest BCUT2D eigenvalue weighted by Gasteiger charge is -2.14. The van der Waals surface area contributed by atoms with Gasteiger partial charge in [-0.25, -0.2) is 9.97 Å². The van der Waals surface area contributed by atoms with Gasteiger partial charge in [0, 0.05) is 115 Å². The largest absolute Gasteiger partial charge is 0.354 e. The van der Waals surface area contributed by atoms with Crippen LogP contribution in [0.15, 0.2) is 243 Å². The first-order valence-electron chi connectivity index (χ1n) is 31.1. The van der Waals surface area contributed by atoms with E-state index < -0.39 is 0 Å². The number of benzene rings is 8. The molecule has 6 N–H and O–H groups in total. The highest BCUT2D eigenvalue weighted by molar-refractivity contribution is 6.07. The second-order valence-corrected chi connectivity index (χ2v) is 22.8. The number of hydrogen-bond donors (Lipinski definition) is 6. The zero-order chi connectivity index (χ0) is 62.6. The lowest BCUT2D eigenvalue weighted by atomic mass is 10.0. The van der Waals surface area contributed by atoms with Gasteiger partial charge < -0.3 is 31.2 Å². The number of fused-ring (bicyclic) bond motifs is 8. The Balaban J connectivity index is 1.04. The van der Waals surface area contributed by atoms with Crippen LogP contribution in [0.1, 0.15) is 70.7 Å². The zero-order valence-corrected chi connectivity index (χ0v) is 50.6. The summed E-state index contributed by atoms with van der Waals surface area (Å²) in [5, 5.41) is 13.1. The molecule has 450 valence electrons.